The number of phenolic OH excluding ortho intramolecular Hbond substituents is 1. The quantitative estimate of drug-likeness (QED) is 0.837. The Balaban J connectivity index is 2.15. The summed E-state index contributed by atoms with van der Waals surface area (Å²) in [6.07, 6.45) is 0. The Labute approximate surface area is 119 Å². The Morgan fingerprint density at radius 3 is 2.35 bits per heavy atom. The third kappa shape index (κ3) is 3.48. The van der Waals surface area contributed by atoms with E-state index in [1.165, 1.54) is 0 Å². The number of hydrogen-bond donors (Lipinski definition) is 2. The third-order valence-electron chi connectivity index (χ3n) is 3.18. The molecule has 0 aromatic heterocycles. The Morgan fingerprint density at radius 1 is 1.15 bits per heavy atom. The molecule has 2 aromatic rings. The number of nitrogens with one attached hydrogen (secondary N) is 1. The molecule has 0 saturated heterocycles. The van der Waals surface area contributed by atoms with Crippen molar-refractivity contribution in [2.75, 3.05) is 34.2 Å². The van der Waals surface area contributed by atoms with Crippen LogP contribution in [0.25, 0.3) is 10.8 Å². The van der Waals surface area contributed by atoms with E-state index in [-0.39, 0.29) is 11.7 Å². The highest BCUT2D eigenvalue weighted by Gasteiger charge is 2.13. The second kappa shape index (κ2) is 5.51. The molecule has 0 heterocycles. The van der Waals surface area contributed by atoms with Crippen LogP contribution in [0, 0.1) is 0 Å². The summed E-state index contributed by atoms with van der Waals surface area (Å²) in [5.74, 6) is -0.215. The van der Waals surface area contributed by atoms with Gasteiger partial charge in [-0.3, -0.25) is 4.79 Å². The van der Waals surface area contributed by atoms with Gasteiger partial charge in [-0.15, -0.1) is 0 Å². The molecule has 0 aliphatic heterocycles. The zero-order valence-electron chi connectivity index (χ0n) is 12.2. The van der Waals surface area contributed by atoms with Crippen LogP contribution in [0.1, 0.15) is 10.4 Å². The van der Waals surface area contributed by atoms with E-state index >= 15 is 0 Å². The van der Waals surface area contributed by atoms with Gasteiger partial charge in [0.2, 0.25) is 0 Å². The summed E-state index contributed by atoms with van der Waals surface area (Å²) in [4.78, 5) is 12.1. The van der Waals surface area contributed by atoms with Crippen molar-refractivity contribution in [2.24, 2.45) is 0 Å². The molecule has 0 bridgehead atoms. The van der Waals surface area contributed by atoms with Crippen molar-refractivity contribution in [3.05, 3.63) is 42.0 Å². The minimum Gasteiger partial charge on any atom is -0.507 e. The van der Waals surface area contributed by atoms with Crippen LogP contribution in [-0.4, -0.2) is 49.7 Å². The van der Waals surface area contributed by atoms with Crippen molar-refractivity contribution in [3.8, 4) is 5.75 Å². The van der Waals surface area contributed by atoms with Crippen LogP contribution in [0.3, 0.4) is 0 Å². The molecule has 0 unspecified atom stereocenters. The van der Waals surface area contributed by atoms with E-state index in [9.17, 15) is 9.90 Å². The second-order valence-corrected chi connectivity index (χ2v) is 5.99. The molecule has 1 amide bonds. The van der Waals surface area contributed by atoms with Crippen LogP contribution in [0.4, 0.5) is 0 Å². The minimum absolute atomic E-state index is 0.0199. The predicted molar refractivity (Wildman–Crippen MR) is 80.8 cm³/mol. The van der Waals surface area contributed by atoms with Crippen LogP contribution in [0.2, 0.25) is 0 Å². The van der Waals surface area contributed by atoms with Crippen molar-refractivity contribution >= 4 is 16.7 Å². The number of benzene rings is 2. The number of nitrogens with zero attached hydrogens (tertiary/aromatic N) is 1. The number of rotatable bonds is 4. The molecular formula is C16H21N2O2+. The van der Waals surface area contributed by atoms with E-state index in [4.69, 9.17) is 0 Å². The maximum Gasteiger partial charge on any atom is 0.255 e. The van der Waals surface area contributed by atoms with Gasteiger partial charge in [0.25, 0.3) is 5.91 Å². The van der Waals surface area contributed by atoms with Crippen molar-refractivity contribution in [3.63, 3.8) is 0 Å². The van der Waals surface area contributed by atoms with Gasteiger partial charge in [0.05, 0.1) is 39.8 Å². The first-order valence-corrected chi connectivity index (χ1v) is 6.67. The van der Waals surface area contributed by atoms with E-state index in [2.05, 4.69) is 26.5 Å². The molecule has 20 heavy (non-hydrogen) atoms. The average Bonchev–Trinajstić information content (AvgIpc) is 2.36. The van der Waals surface area contributed by atoms with Gasteiger partial charge in [-0.1, -0.05) is 24.3 Å². The van der Waals surface area contributed by atoms with Gasteiger partial charge < -0.3 is 14.9 Å². The van der Waals surface area contributed by atoms with Gasteiger partial charge in [-0.05, 0) is 22.9 Å². The standard InChI is InChI=1S/C16H20N2O2/c1-18(2,3)9-8-17-16(20)14-10-12-6-4-5-7-13(12)11-15(14)19/h4-7,10-11H,8-9H2,1-3H3,(H-,17,19,20)/p+1. The molecule has 2 aromatic carbocycles. The zero-order chi connectivity index (χ0) is 14.8. The fraction of sp³-hybridized carbons (Fsp3) is 0.312. The van der Waals surface area contributed by atoms with Crippen LogP contribution < -0.4 is 5.32 Å². The van der Waals surface area contributed by atoms with Gasteiger partial charge in [-0.25, -0.2) is 0 Å². The maximum atomic E-state index is 12.1. The van der Waals surface area contributed by atoms with Crippen LogP contribution >= 0.6 is 0 Å². The molecule has 0 aliphatic carbocycles. The molecule has 4 nitrogen and oxygen atoms in total. The van der Waals surface area contributed by atoms with Crippen LogP contribution in [0.5, 0.6) is 5.75 Å². The summed E-state index contributed by atoms with van der Waals surface area (Å²) >= 11 is 0. The van der Waals surface area contributed by atoms with Gasteiger partial charge in [0.15, 0.2) is 0 Å². The fourth-order valence-corrected chi connectivity index (χ4v) is 2.01. The first kappa shape index (κ1) is 14.3. The number of aromatic hydroxyl groups is 1. The number of quaternary nitrogens is 1. The number of carbonyl (C=O) groups is 1. The largest absolute Gasteiger partial charge is 0.507 e. The lowest BCUT2D eigenvalue weighted by Gasteiger charge is -2.23. The second-order valence-electron chi connectivity index (χ2n) is 5.99. The Kier molecular flexibility index (Phi) is 3.95. The van der Waals surface area contributed by atoms with Gasteiger partial charge in [-0.2, -0.15) is 0 Å². The number of amides is 1. The van der Waals surface area contributed by atoms with Crippen molar-refractivity contribution < 1.29 is 14.4 Å². The molecule has 0 atom stereocenters. The zero-order valence-corrected chi connectivity index (χ0v) is 12.2. The lowest BCUT2D eigenvalue weighted by Crippen LogP contribution is -2.41. The maximum absolute atomic E-state index is 12.1. The Bertz CT molecular complexity index is 630. The van der Waals surface area contributed by atoms with E-state index < -0.39 is 0 Å². The lowest BCUT2D eigenvalue weighted by atomic mass is 10.1. The number of hydrogen-bond acceptors (Lipinski definition) is 2. The molecule has 2 rings (SSSR count). The van der Waals surface area contributed by atoms with E-state index in [0.717, 1.165) is 21.8 Å². The normalized spacial score (nSPS) is 11.6. The summed E-state index contributed by atoms with van der Waals surface area (Å²) in [7, 11) is 6.21. The molecule has 0 spiro atoms. The van der Waals surface area contributed by atoms with Gasteiger partial charge >= 0.3 is 0 Å². The topological polar surface area (TPSA) is 49.3 Å². The summed E-state index contributed by atoms with van der Waals surface area (Å²) in [6.45, 7) is 1.41. The summed E-state index contributed by atoms with van der Waals surface area (Å²) in [6, 6.07) is 11.0. The first-order valence-electron chi connectivity index (χ1n) is 6.67. The van der Waals surface area contributed by atoms with Gasteiger partial charge in [0, 0.05) is 0 Å². The van der Waals surface area contributed by atoms with Crippen LogP contribution in [-0.2, 0) is 0 Å². The molecule has 2 N–H and O–H groups in total. The minimum atomic E-state index is -0.235. The summed E-state index contributed by atoms with van der Waals surface area (Å²) in [5, 5.41) is 14.7. The van der Waals surface area contributed by atoms with E-state index in [1.54, 1.807) is 12.1 Å². The predicted octanol–water partition coefficient (Wildman–Crippen LogP) is 1.98. The third-order valence-corrected chi connectivity index (χ3v) is 3.18. The number of likely N-dealkylation sites (N-methyl/N-ethyl adjacent to an activating group) is 1. The smallest absolute Gasteiger partial charge is 0.255 e. The number of phenols is 1. The van der Waals surface area contributed by atoms with Crippen molar-refractivity contribution in [1.29, 1.82) is 0 Å². The molecule has 4 heteroatoms. The average molecular weight is 273 g/mol. The summed E-state index contributed by atoms with van der Waals surface area (Å²) < 4.78 is 0.782. The Morgan fingerprint density at radius 2 is 1.75 bits per heavy atom. The molecule has 0 aliphatic rings. The summed E-state index contributed by atoms with van der Waals surface area (Å²) in [5.41, 5.74) is 0.324. The van der Waals surface area contributed by atoms with Crippen molar-refractivity contribution in [2.45, 2.75) is 0 Å². The highest BCUT2D eigenvalue weighted by Crippen LogP contribution is 2.24. The molecule has 0 saturated carbocycles. The first-order chi connectivity index (χ1) is 9.37. The molecule has 0 radical (unpaired) electrons. The van der Waals surface area contributed by atoms with Gasteiger partial charge in [0.1, 0.15) is 5.75 Å². The fourth-order valence-electron chi connectivity index (χ4n) is 2.01. The monoisotopic (exact) mass is 273 g/mol. The lowest BCUT2D eigenvalue weighted by molar-refractivity contribution is -0.869. The molecule has 0 fully saturated rings. The van der Waals surface area contributed by atoms with Crippen LogP contribution in [0.15, 0.2) is 36.4 Å². The van der Waals surface area contributed by atoms with E-state index in [1.807, 2.05) is 24.3 Å². The molecular weight excluding hydrogens is 252 g/mol. The SMILES string of the molecule is C[N+](C)(C)CCNC(=O)c1cc2ccccc2cc1O. The number of fused-ring (bicyclic) bond motifs is 1. The highest BCUT2D eigenvalue weighted by atomic mass is 16.3. The number of carbonyl (C=O) groups excluding carboxylic acids is 1. The molecule has 106 valence electrons. The van der Waals surface area contributed by atoms with Crippen molar-refractivity contribution in [1.82, 2.24) is 5.32 Å². The highest BCUT2D eigenvalue weighted by molar-refractivity contribution is 6.01. The van der Waals surface area contributed by atoms with E-state index in [0.29, 0.717) is 12.1 Å². The Hall–Kier alpha value is -2.07.